The zero-order valence-electron chi connectivity index (χ0n) is 11.4. The average Bonchev–Trinajstić information content (AvgIpc) is 2.78. The third kappa shape index (κ3) is 3.57. The van der Waals surface area contributed by atoms with Gasteiger partial charge >= 0.3 is 6.03 Å². The van der Waals surface area contributed by atoms with Crippen molar-refractivity contribution in [2.24, 2.45) is 0 Å². The van der Waals surface area contributed by atoms with Crippen LogP contribution >= 0.6 is 0 Å². The van der Waals surface area contributed by atoms with Crippen LogP contribution in [-0.2, 0) is 6.54 Å². The highest BCUT2D eigenvalue weighted by Crippen LogP contribution is 2.16. The van der Waals surface area contributed by atoms with Crippen LogP contribution in [0.15, 0.2) is 12.1 Å². The predicted octanol–water partition coefficient (Wildman–Crippen LogP) is 0.513. The van der Waals surface area contributed by atoms with Crippen molar-refractivity contribution >= 4 is 6.03 Å². The number of carbonyl (C=O) groups is 1. The fraction of sp³-hybridized carbons (Fsp3) is 0.538. The number of hydrogen-bond donors (Lipinski definition) is 2. The fourth-order valence-electron chi connectivity index (χ4n) is 2.01. The summed E-state index contributed by atoms with van der Waals surface area (Å²) in [6.07, 6.45) is 0. The van der Waals surface area contributed by atoms with E-state index in [0.29, 0.717) is 19.7 Å². The highest BCUT2D eigenvalue weighted by molar-refractivity contribution is 5.76. The summed E-state index contributed by atoms with van der Waals surface area (Å²) in [5.74, 6) is 0.777. The first kappa shape index (κ1) is 13.6. The monoisotopic (exact) mass is 264 g/mol. The van der Waals surface area contributed by atoms with Crippen LogP contribution in [0.1, 0.15) is 11.4 Å². The normalized spacial score (nSPS) is 14.6. The summed E-state index contributed by atoms with van der Waals surface area (Å²) in [4.78, 5) is 17.6. The van der Waals surface area contributed by atoms with Gasteiger partial charge in [-0.25, -0.2) is 4.79 Å². The van der Waals surface area contributed by atoms with Crippen LogP contribution < -0.4 is 15.4 Å². The second kappa shape index (κ2) is 6.38. The smallest absolute Gasteiger partial charge is 0.317 e. The molecule has 0 spiro atoms. The number of nitrogens with one attached hydrogen (secondary N) is 2. The zero-order valence-corrected chi connectivity index (χ0v) is 11.4. The summed E-state index contributed by atoms with van der Waals surface area (Å²) in [7, 11) is 1.88. The first-order valence-corrected chi connectivity index (χ1v) is 6.47. The Balaban J connectivity index is 1.89. The SMILES string of the molecule is CNCc1nc(C)ccc1OCCN1CCNC1=O. The molecule has 0 aromatic carbocycles. The van der Waals surface area contributed by atoms with Gasteiger partial charge in [-0.3, -0.25) is 4.98 Å². The molecule has 6 nitrogen and oxygen atoms in total. The molecule has 0 atom stereocenters. The van der Waals surface area contributed by atoms with Crippen molar-refractivity contribution < 1.29 is 9.53 Å². The summed E-state index contributed by atoms with van der Waals surface area (Å²) in [6.45, 7) is 5.17. The molecule has 0 aliphatic carbocycles. The summed E-state index contributed by atoms with van der Waals surface area (Å²) >= 11 is 0. The van der Waals surface area contributed by atoms with Gasteiger partial charge in [0.2, 0.25) is 0 Å². The lowest BCUT2D eigenvalue weighted by atomic mass is 10.3. The van der Waals surface area contributed by atoms with Crippen LogP contribution in [0.4, 0.5) is 4.79 Å². The van der Waals surface area contributed by atoms with Crippen LogP contribution in [-0.4, -0.2) is 49.2 Å². The van der Waals surface area contributed by atoms with E-state index >= 15 is 0 Å². The van der Waals surface area contributed by atoms with Gasteiger partial charge in [-0.05, 0) is 26.1 Å². The summed E-state index contributed by atoms with van der Waals surface area (Å²) in [5, 5.41) is 5.84. The Morgan fingerprint density at radius 1 is 1.53 bits per heavy atom. The van der Waals surface area contributed by atoms with Crippen LogP contribution in [0.3, 0.4) is 0 Å². The Kier molecular flexibility index (Phi) is 4.57. The van der Waals surface area contributed by atoms with Crippen LogP contribution in [0.2, 0.25) is 0 Å². The molecule has 2 amide bonds. The zero-order chi connectivity index (χ0) is 13.7. The van der Waals surface area contributed by atoms with E-state index in [4.69, 9.17) is 4.74 Å². The lowest BCUT2D eigenvalue weighted by Gasteiger charge is -2.16. The van der Waals surface area contributed by atoms with Crippen molar-refractivity contribution in [3.8, 4) is 5.75 Å². The largest absolute Gasteiger partial charge is 0.490 e. The Morgan fingerprint density at radius 3 is 3.05 bits per heavy atom. The first-order chi connectivity index (χ1) is 9.20. The van der Waals surface area contributed by atoms with Gasteiger partial charge in [0, 0.05) is 25.3 Å². The number of carbonyl (C=O) groups excluding carboxylic acids is 1. The minimum absolute atomic E-state index is 0.0129. The molecule has 1 fully saturated rings. The lowest BCUT2D eigenvalue weighted by molar-refractivity contribution is 0.202. The maximum atomic E-state index is 11.4. The van der Waals surface area contributed by atoms with Gasteiger partial charge in [0.15, 0.2) is 0 Å². The molecule has 2 N–H and O–H groups in total. The lowest BCUT2D eigenvalue weighted by Crippen LogP contribution is -2.32. The van der Waals surface area contributed by atoms with Crippen LogP contribution in [0, 0.1) is 6.92 Å². The standard InChI is InChI=1S/C13H20N4O2/c1-10-3-4-12(11(16-10)9-14-2)19-8-7-17-6-5-15-13(17)18/h3-4,14H,5-9H2,1-2H3,(H,15,18). The molecule has 19 heavy (non-hydrogen) atoms. The van der Waals surface area contributed by atoms with Crippen molar-refractivity contribution in [1.82, 2.24) is 20.5 Å². The predicted molar refractivity (Wildman–Crippen MR) is 72.2 cm³/mol. The van der Waals surface area contributed by atoms with Crippen LogP contribution in [0.5, 0.6) is 5.75 Å². The number of rotatable bonds is 6. The van der Waals surface area contributed by atoms with Crippen molar-refractivity contribution in [2.75, 3.05) is 33.3 Å². The van der Waals surface area contributed by atoms with E-state index in [9.17, 15) is 4.79 Å². The van der Waals surface area contributed by atoms with Gasteiger partial charge in [-0.2, -0.15) is 0 Å². The third-order valence-corrected chi connectivity index (χ3v) is 2.98. The average molecular weight is 264 g/mol. The molecule has 6 heteroatoms. The number of amides is 2. The number of aromatic nitrogens is 1. The van der Waals surface area contributed by atoms with Gasteiger partial charge < -0.3 is 20.3 Å². The second-order valence-corrected chi connectivity index (χ2v) is 4.50. The van der Waals surface area contributed by atoms with E-state index in [1.54, 1.807) is 4.90 Å². The van der Waals surface area contributed by atoms with Crippen molar-refractivity contribution in [3.05, 3.63) is 23.5 Å². The highest BCUT2D eigenvalue weighted by atomic mass is 16.5. The molecule has 0 unspecified atom stereocenters. The molecular formula is C13H20N4O2. The molecule has 0 radical (unpaired) electrons. The Labute approximate surface area is 113 Å². The van der Waals surface area contributed by atoms with E-state index in [0.717, 1.165) is 30.2 Å². The van der Waals surface area contributed by atoms with E-state index in [-0.39, 0.29) is 6.03 Å². The molecule has 1 saturated heterocycles. The molecule has 1 aliphatic heterocycles. The molecule has 2 heterocycles. The number of pyridine rings is 1. The maximum Gasteiger partial charge on any atom is 0.317 e. The van der Waals surface area contributed by atoms with E-state index < -0.39 is 0 Å². The Hall–Kier alpha value is -1.82. The maximum absolute atomic E-state index is 11.4. The molecule has 2 rings (SSSR count). The fourth-order valence-corrected chi connectivity index (χ4v) is 2.01. The second-order valence-electron chi connectivity index (χ2n) is 4.50. The van der Waals surface area contributed by atoms with Crippen LogP contribution in [0.25, 0.3) is 0 Å². The minimum Gasteiger partial charge on any atom is -0.490 e. The van der Waals surface area contributed by atoms with Crippen molar-refractivity contribution in [1.29, 1.82) is 0 Å². The Bertz CT molecular complexity index is 450. The number of nitrogens with zero attached hydrogens (tertiary/aromatic N) is 2. The first-order valence-electron chi connectivity index (χ1n) is 6.47. The van der Waals surface area contributed by atoms with Gasteiger partial charge in [0.05, 0.1) is 12.2 Å². The molecule has 0 saturated carbocycles. The molecular weight excluding hydrogens is 244 g/mol. The number of aryl methyl sites for hydroxylation is 1. The van der Waals surface area contributed by atoms with Gasteiger partial charge in [0.1, 0.15) is 12.4 Å². The molecule has 1 aromatic heterocycles. The van der Waals surface area contributed by atoms with Gasteiger partial charge in [-0.1, -0.05) is 0 Å². The van der Waals surface area contributed by atoms with Gasteiger partial charge in [0.25, 0.3) is 0 Å². The Morgan fingerprint density at radius 2 is 2.37 bits per heavy atom. The topological polar surface area (TPSA) is 66.5 Å². The van der Waals surface area contributed by atoms with E-state index in [1.807, 2.05) is 26.1 Å². The number of hydrogen-bond acceptors (Lipinski definition) is 4. The third-order valence-electron chi connectivity index (χ3n) is 2.98. The highest BCUT2D eigenvalue weighted by Gasteiger charge is 2.18. The number of urea groups is 1. The summed E-state index contributed by atoms with van der Waals surface area (Å²) < 4.78 is 5.73. The van der Waals surface area contributed by atoms with E-state index in [1.165, 1.54) is 0 Å². The summed E-state index contributed by atoms with van der Waals surface area (Å²) in [6, 6.07) is 3.84. The minimum atomic E-state index is -0.0129. The van der Waals surface area contributed by atoms with Crippen molar-refractivity contribution in [3.63, 3.8) is 0 Å². The molecule has 1 aromatic rings. The number of ether oxygens (including phenoxy) is 1. The summed E-state index contributed by atoms with van der Waals surface area (Å²) in [5.41, 5.74) is 1.87. The van der Waals surface area contributed by atoms with Crippen molar-refractivity contribution in [2.45, 2.75) is 13.5 Å². The molecule has 0 bridgehead atoms. The molecule has 104 valence electrons. The molecule has 1 aliphatic rings. The van der Waals surface area contributed by atoms with Gasteiger partial charge in [-0.15, -0.1) is 0 Å². The van der Waals surface area contributed by atoms with E-state index in [2.05, 4.69) is 15.6 Å². The quantitative estimate of drug-likeness (QED) is 0.786.